The van der Waals surface area contributed by atoms with E-state index in [2.05, 4.69) is 13.8 Å². The molecule has 1 spiro atoms. The van der Waals surface area contributed by atoms with Gasteiger partial charge in [0.1, 0.15) is 6.04 Å². The molecule has 5 rings (SSSR count). The van der Waals surface area contributed by atoms with E-state index in [0.29, 0.717) is 19.5 Å². The number of likely N-dealkylation sites (tertiary alicyclic amines) is 1. The van der Waals surface area contributed by atoms with Crippen molar-refractivity contribution in [2.75, 3.05) is 26.7 Å². The maximum absolute atomic E-state index is 14.4. The third kappa shape index (κ3) is 4.22. The van der Waals surface area contributed by atoms with E-state index < -0.39 is 28.7 Å². The van der Waals surface area contributed by atoms with Gasteiger partial charge in [-0.05, 0) is 25.3 Å². The molecular weight excluding hydrogens is 486 g/mol. The number of carbonyl (C=O) groups excluding carboxylic acids is 3. The molecule has 37 heavy (non-hydrogen) atoms. The first-order chi connectivity index (χ1) is 17.8. The molecule has 1 aromatic carbocycles. The molecule has 4 aliphatic rings. The number of fused-ring (bicyclic) bond motifs is 2. The Bertz CT molecular complexity index is 1110. The monoisotopic (exact) mass is 523 g/mol. The van der Waals surface area contributed by atoms with Crippen LogP contribution in [0.5, 0.6) is 0 Å². The van der Waals surface area contributed by atoms with Crippen LogP contribution in [0, 0.1) is 11.8 Å². The summed E-state index contributed by atoms with van der Waals surface area (Å²) in [6.07, 6.45) is 10.4. The molecule has 4 aliphatic heterocycles. The standard InChI is InChI=1S/C29H37N3O4S/c1-4-10-19(2)31-16-9-14-29-24(23-22(37-29)13-8-15-30(3)26(23)34)27(35)32(25(29)28(31)36)21(18-33)17-20-11-6-5-7-12-20/h5-9,11-14,19,21-25,33H,4,10,15-18H2,1-3H3/t19?,21-,22+,23-,24+,25?,29+/m1/s1. The van der Waals surface area contributed by atoms with Crippen LogP contribution in [0.4, 0.5) is 0 Å². The van der Waals surface area contributed by atoms with Crippen molar-refractivity contribution >= 4 is 29.5 Å². The molecule has 0 aliphatic carbocycles. The summed E-state index contributed by atoms with van der Waals surface area (Å²) in [6.45, 7) is 4.90. The van der Waals surface area contributed by atoms with Crippen molar-refractivity contribution in [2.24, 2.45) is 11.8 Å². The Labute approximate surface area is 223 Å². The molecule has 0 radical (unpaired) electrons. The summed E-state index contributed by atoms with van der Waals surface area (Å²) in [5.74, 6) is -1.52. The zero-order valence-electron chi connectivity index (χ0n) is 21.8. The van der Waals surface area contributed by atoms with Gasteiger partial charge in [0.15, 0.2) is 0 Å². The Morgan fingerprint density at radius 2 is 1.84 bits per heavy atom. The molecule has 7 atom stereocenters. The first-order valence-electron chi connectivity index (χ1n) is 13.4. The Morgan fingerprint density at radius 1 is 1.08 bits per heavy atom. The molecule has 198 valence electrons. The number of amides is 3. The third-order valence-electron chi connectivity index (χ3n) is 8.49. The summed E-state index contributed by atoms with van der Waals surface area (Å²) >= 11 is 1.59. The van der Waals surface area contributed by atoms with Gasteiger partial charge in [0.2, 0.25) is 17.7 Å². The van der Waals surface area contributed by atoms with Crippen molar-refractivity contribution in [1.82, 2.24) is 14.7 Å². The molecular formula is C29H37N3O4S. The molecule has 2 unspecified atom stereocenters. The number of carbonyl (C=O) groups is 3. The first kappa shape index (κ1) is 26.0. The molecule has 4 heterocycles. The zero-order chi connectivity index (χ0) is 26.3. The van der Waals surface area contributed by atoms with E-state index in [9.17, 15) is 19.5 Å². The average molecular weight is 524 g/mol. The highest BCUT2D eigenvalue weighted by molar-refractivity contribution is 8.02. The Balaban J connectivity index is 1.62. The van der Waals surface area contributed by atoms with Gasteiger partial charge in [0.25, 0.3) is 0 Å². The summed E-state index contributed by atoms with van der Waals surface area (Å²) in [6, 6.07) is 8.45. The highest BCUT2D eigenvalue weighted by Crippen LogP contribution is 2.61. The summed E-state index contributed by atoms with van der Waals surface area (Å²) in [7, 11) is 1.77. The van der Waals surface area contributed by atoms with Crippen molar-refractivity contribution < 1.29 is 19.5 Å². The van der Waals surface area contributed by atoms with Crippen molar-refractivity contribution in [3.63, 3.8) is 0 Å². The van der Waals surface area contributed by atoms with Gasteiger partial charge in [-0.1, -0.05) is 68.0 Å². The number of thioether (sulfide) groups is 1. The summed E-state index contributed by atoms with van der Waals surface area (Å²) in [5, 5.41) is 10.4. The van der Waals surface area contributed by atoms with Crippen LogP contribution < -0.4 is 0 Å². The molecule has 1 N–H and O–H groups in total. The van der Waals surface area contributed by atoms with E-state index in [4.69, 9.17) is 0 Å². The van der Waals surface area contributed by atoms with E-state index in [1.165, 1.54) is 0 Å². The third-order valence-corrected chi connectivity index (χ3v) is 10.2. The van der Waals surface area contributed by atoms with Crippen molar-refractivity contribution in [3.8, 4) is 0 Å². The van der Waals surface area contributed by atoms with Crippen LogP contribution >= 0.6 is 11.8 Å². The summed E-state index contributed by atoms with van der Waals surface area (Å²) in [5.41, 5.74) is 0.993. The lowest BCUT2D eigenvalue weighted by atomic mass is 9.78. The number of hydrogen-bond donors (Lipinski definition) is 1. The molecule has 2 saturated heterocycles. The highest BCUT2D eigenvalue weighted by Gasteiger charge is 2.71. The predicted molar refractivity (Wildman–Crippen MR) is 145 cm³/mol. The minimum absolute atomic E-state index is 0.0274. The Hall–Kier alpha value is -2.58. The van der Waals surface area contributed by atoms with Gasteiger partial charge in [0, 0.05) is 31.4 Å². The lowest BCUT2D eigenvalue weighted by Gasteiger charge is -2.40. The number of hydrogen-bond acceptors (Lipinski definition) is 5. The first-order valence-corrected chi connectivity index (χ1v) is 14.3. The van der Waals surface area contributed by atoms with Crippen LogP contribution in [0.1, 0.15) is 32.3 Å². The quantitative estimate of drug-likeness (QED) is 0.556. The summed E-state index contributed by atoms with van der Waals surface area (Å²) in [4.78, 5) is 47.6. The van der Waals surface area contributed by atoms with Gasteiger partial charge in [-0.25, -0.2) is 0 Å². The van der Waals surface area contributed by atoms with Crippen LogP contribution in [0.15, 0.2) is 54.6 Å². The van der Waals surface area contributed by atoms with E-state index in [0.717, 1.165) is 18.4 Å². The number of benzene rings is 1. The lowest BCUT2D eigenvalue weighted by Crippen LogP contribution is -2.58. The summed E-state index contributed by atoms with van der Waals surface area (Å²) < 4.78 is -0.855. The Kier molecular flexibility index (Phi) is 7.24. The fourth-order valence-corrected chi connectivity index (χ4v) is 8.71. The topological polar surface area (TPSA) is 81.2 Å². The second-order valence-electron chi connectivity index (χ2n) is 10.8. The maximum Gasteiger partial charge on any atom is 0.247 e. The average Bonchev–Trinajstić information content (AvgIpc) is 3.22. The normalized spacial score (nSPS) is 32.6. The van der Waals surface area contributed by atoms with E-state index in [1.807, 2.05) is 59.5 Å². The SMILES string of the molecule is CCCC(C)N1CC=C[C@]23S[C@H]4C=CCN(C)C(=O)[C@H]4[C@H]2C(=O)N([C@@H](CO)Cc2ccccc2)C3C1=O. The number of aliphatic hydroxyl groups excluding tert-OH is 1. The lowest BCUT2D eigenvalue weighted by molar-refractivity contribution is -0.147. The van der Waals surface area contributed by atoms with Gasteiger partial charge >= 0.3 is 0 Å². The smallest absolute Gasteiger partial charge is 0.247 e. The molecule has 0 bridgehead atoms. The number of nitrogens with zero attached hydrogens (tertiary/aromatic N) is 3. The van der Waals surface area contributed by atoms with Gasteiger partial charge in [0.05, 0.1) is 29.2 Å². The molecule has 8 heteroatoms. The number of aliphatic hydroxyl groups is 1. The number of likely N-dealkylation sites (N-methyl/N-ethyl adjacent to an activating group) is 1. The molecule has 2 fully saturated rings. The molecule has 7 nitrogen and oxygen atoms in total. The van der Waals surface area contributed by atoms with Crippen LogP contribution in [0.3, 0.4) is 0 Å². The molecule has 0 aromatic heterocycles. The van der Waals surface area contributed by atoms with E-state index in [1.54, 1.807) is 28.6 Å². The molecule has 3 amide bonds. The van der Waals surface area contributed by atoms with Crippen LogP contribution in [0.25, 0.3) is 0 Å². The fourth-order valence-electron chi connectivity index (χ4n) is 6.72. The Morgan fingerprint density at radius 3 is 2.54 bits per heavy atom. The van der Waals surface area contributed by atoms with Crippen molar-refractivity contribution in [2.45, 2.75) is 61.2 Å². The second-order valence-corrected chi connectivity index (χ2v) is 12.3. The molecule has 1 aromatic rings. The van der Waals surface area contributed by atoms with Crippen LogP contribution in [0.2, 0.25) is 0 Å². The molecule has 0 saturated carbocycles. The largest absolute Gasteiger partial charge is 0.394 e. The second kappa shape index (κ2) is 10.3. The number of rotatable bonds is 7. The zero-order valence-corrected chi connectivity index (χ0v) is 22.6. The minimum Gasteiger partial charge on any atom is -0.394 e. The maximum atomic E-state index is 14.4. The van der Waals surface area contributed by atoms with Crippen molar-refractivity contribution in [1.29, 1.82) is 0 Å². The van der Waals surface area contributed by atoms with Crippen LogP contribution in [-0.4, -0.2) is 92.4 Å². The fraction of sp³-hybridized carbons (Fsp3) is 0.552. The predicted octanol–water partition coefficient (Wildman–Crippen LogP) is 2.50. The highest BCUT2D eigenvalue weighted by atomic mass is 32.2. The van der Waals surface area contributed by atoms with Gasteiger partial charge in [-0.3, -0.25) is 14.4 Å². The van der Waals surface area contributed by atoms with E-state index >= 15 is 0 Å². The van der Waals surface area contributed by atoms with Gasteiger partial charge in [-0.15, -0.1) is 11.8 Å². The van der Waals surface area contributed by atoms with Crippen LogP contribution in [-0.2, 0) is 20.8 Å². The van der Waals surface area contributed by atoms with Gasteiger partial charge in [-0.2, -0.15) is 0 Å². The van der Waals surface area contributed by atoms with Gasteiger partial charge < -0.3 is 19.8 Å². The van der Waals surface area contributed by atoms with E-state index in [-0.39, 0.29) is 35.6 Å². The van der Waals surface area contributed by atoms with Crippen molar-refractivity contribution in [3.05, 3.63) is 60.2 Å². The minimum atomic E-state index is -0.855.